The topological polar surface area (TPSA) is 3.24 Å². The van der Waals surface area contributed by atoms with Crippen LogP contribution in [0.3, 0.4) is 0 Å². The standard InChI is InChI=1S/C33H27N/c1-24-10-12-25(13-11-24)14-15-26-16-21-30(22-17-26)34(29-7-3-2-4-8-29)32-23-20-28-19-18-27-6-5-9-31(32)33(27)28/h2-17,20-23H,18-19H2,1H3. The van der Waals surface area contributed by atoms with Crippen LogP contribution < -0.4 is 4.90 Å². The van der Waals surface area contributed by atoms with Crippen molar-refractivity contribution in [1.29, 1.82) is 0 Å². The lowest BCUT2D eigenvalue weighted by molar-refractivity contribution is 1.02. The molecular formula is C33H27N. The summed E-state index contributed by atoms with van der Waals surface area (Å²) in [6, 6.07) is 39.5. The predicted molar refractivity (Wildman–Crippen MR) is 146 cm³/mol. The number of hydrogen-bond donors (Lipinski definition) is 0. The highest BCUT2D eigenvalue weighted by Gasteiger charge is 2.20. The van der Waals surface area contributed by atoms with Crippen LogP contribution in [0.15, 0.2) is 109 Å². The molecule has 0 aliphatic heterocycles. The monoisotopic (exact) mass is 437 g/mol. The molecule has 0 saturated heterocycles. The molecule has 0 N–H and O–H groups in total. The molecule has 6 rings (SSSR count). The fourth-order valence-electron chi connectivity index (χ4n) is 5.04. The lowest BCUT2D eigenvalue weighted by atomic mass is 10.0. The lowest BCUT2D eigenvalue weighted by Crippen LogP contribution is -2.10. The Bertz CT molecular complexity index is 1470. The van der Waals surface area contributed by atoms with Crippen LogP contribution in [-0.4, -0.2) is 0 Å². The van der Waals surface area contributed by atoms with Crippen LogP contribution in [0.25, 0.3) is 22.9 Å². The average Bonchev–Trinajstić information content (AvgIpc) is 3.31. The summed E-state index contributed by atoms with van der Waals surface area (Å²) in [5.74, 6) is 0. The second-order valence-corrected chi connectivity index (χ2v) is 9.09. The molecule has 0 saturated carbocycles. The van der Waals surface area contributed by atoms with E-state index in [1.54, 1.807) is 0 Å². The van der Waals surface area contributed by atoms with Crippen molar-refractivity contribution >= 4 is 40.0 Å². The van der Waals surface area contributed by atoms with E-state index in [9.17, 15) is 0 Å². The molecule has 5 aromatic carbocycles. The summed E-state index contributed by atoms with van der Waals surface area (Å²) >= 11 is 0. The molecule has 1 heteroatoms. The molecule has 0 radical (unpaired) electrons. The van der Waals surface area contributed by atoms with Crippen molar-refractivity contribution in [2.45, 2.75) is 19.8 Å². The van der Waals surface area contributed by atoms with Crippen molar-refractivity contribution in [1.82, 2.24) is 0 Å². The molecule has 0 spiro atoms. The Balaban J connectivity index is 1.41. The number of benzene rings is 5. The Labute approximate surface area is 201 Å². The first-order valence-corrected chi connectivity index (χ1v) is 12.0. The molecule has 164 valence electrons. The number of para-hydroxylation sites is 1. The summed E-state index contributed by atoms with van der Waals surface area (Å²) < 4.78 is 0. The molecule has 0 heterocycles. The van der Waals surface area contributed by atoms with Gasteiger partial charge in [0, 0.05) is 16.8 Å². The van der Waals surface area contributed by atoms with E-state index < -0.39 is 0 Å². The lowest BCUT2D eigenvalue weighted by Gasteiger charge is -2.27. The van der Waals surface area contributed by atoms with Gasteiger partial charge >= 0.3 is 0 Å². The quantitative estimate of drug-likeness (QED) is 0.248. The van der Waals surface area contributed by atoms with Crippen LogP contribution in [0, 0.1) is 6.92 Å². The van der Waals surface area contributed by atoms with Crippen molar-refractivity contribution in [2.24, 2.45) is 0 Å². The van der Waals surface area contributed by atoms with Gasteiger partial charge in [-0.1, -0.05) is 96.6 Å². The van der Waals surface area contributed by atoms with Crippen molar-refractivity contribution in [2.75, 3.05) is 4.90 Å². The molecule has 0 atom stereocenters. The zero-order valence-corrected chi connectivity index (χ0v) is 19.4. The van der Waals surface area contributed by atoms with E-state index in [1.807, 2.05) is 0 Å². The number of nitrogens with zero attached hydrogens (tertiary/aromatic N) is 1. The molecule has 0 unspecified atom stereocenters. The summed E-state index contributed by atoms with van der Waals surface area (Å²) in [6.45, 7) is 2.12. The normalized spacial score (nSPS) is 12.5. The maximum absolute atomic E-state index is 2.38. The minimum absolute atomic E-state index is 1.14. The van der Waals surface area contributed by atoms with E-state index in [2.05, 4.69) is 133 Å². The van der Waals surface area contributed by atoms with Crippen LogP contribution in [0.4, 0.5) is 17.1 Å². The number of anilines is 3. The summed E-state index contributed by atoms with van der Waals surface area (Å²) in [5.41, 5.74) is 10.2. The molecule has 1 nitrogen and oxygen atoms in total. The Kier molecular flexibility index (Phi) is 5.24. The Morgan fingerprint density at radius 3 is 1.88 bits per heavy atom. The smallest absolute Gasteiger partial charge is 0.0540 e. The average molecular weight is 438 g/mol. The van der Waals surface area contributed by atoms with E-state index >= 15 is 0 Å². The Hall–Kier alpha value is -4.10. The van der Waals surface area contributed by atoms with Crippen molar-refractivity contribution in [3.63, 3.8) is 0 Å². The minimum atomic E-state index is 1.14. The number of rotatable bonds is 5. The van der Waals surface area contributed by atoms with Gasteiger partial charge in [0.05, 0.1) is 5.69 Å². The van der Waals surface area contributed by atoms with E-state index in [0.717, 1.165) is 18.5 Å². The summed E-state index contributed by atoms with van der Waals surface area (Å²) in [5, 5.41) is 2.78. The van der Waals surface area contributed by atoms with Gasteiger partial charge in [0.15, 0.2) is 0 Å². The van der Waals surface area contributed by atoms with Crippen LogP contribution in [0.2, 0.25) is 0 Å². The summed E-state index contributed by atoms with van der Waals surface area (Å²) in [7, 11) is 0. The third-order valence-electron chi connectivity index (χ3n) is 6.81. The van der Waals surface area contributed by atoms with Gasteiger partial charge in [-0.3, -0.25) is 0 Å². The van der Waals surface area contributed by atoms with E-state index in [1.165, 1.54) is 50.0 Å². The number of aryl methyl sites for hydroxylation is 3. The van der Waals surface area contributed by atoms with Gasteiger partial charge < -0.3 is 4.90 Å². The van der Waals surface area contributed by atoms with Gasteiger partial charge in [0.25, 0.3) is 0 Å². The maximum atomic E-state index is 2.38. The first-order chi connectivity index (χ1) is 16.8. The fraction of sp³-hybridized carbons (Fsp3) is 0.0909. The van der Waals surface area contributed by atoms with Gasteiger partial charge in [-0.05, 0) is 77.7 Å². The second-order valence-electron chi connectivity index (χ2n) is 9.09. The second kappa shape index (κ2) is 8.68. The zero-order chi connectivity index (χ0) is 22.9. The highest BCUT2D eigenvalue weighted by atomic mass is 15.1. The molecule has 34 heavy (non-hydrogen) atoms. The molecule has 1 aliphatic rings. The van der Waals surface area contributed by atoms with Gasteiger partial charge in [-0.25, -0.2) is 0 Å². The van der Waals surface area contributed by atoms with Crippen molar-refractivity contribution in [3.05, 3.63) is 137 Å². The molecule has 0 bridgehead atoms. The zero-order valence-electron chi connectivity index (χ0n) is 19.4. The highest BCUT2D eigenvalue weighted by Crippen LogP contribution is 2.42. The number of hydrogen-bond acceptors (Lipinski definition) is 1. The minimum Gasteiger partial charge on any atom is -0.310 e. The van der Waals surface area contributed by atoms with Crippen molar-refractivity contribution in [3.8, 4) is 0 Å². The first-order valence-electron chi connectivity index (χ1n) is 12.0. The van der Waals surface area contributed by atoms with Crippen LogP contribution in [-0.2, 0) is 12.8 Å². The predicted octanol–water partition coefficient (Wildman–Crippen LogP) is 8.89. The van der Waals surface area contributed by atoms with Crippen LogP contribution in [0.5, 0.6) is 0 Å². The van der Waals surface area contributed by atoms with E-state index in [-0.39, 0.29) is 0 Å². The SMILES string of the molecule is Cc1ccc(C=Cc2ccc(N(c3ccccc3)c3ccc4c5c(cccc35)CC4)cc2)cc1. The Morgan fingerprint density at radius 1 is 0.559 bits per heavy atom. The van der Waals surface area contributed by atoms with Crippen LogP contribution in [0.1, 0.15) is 27.8 Å². The largest absolute Gasteiger partial charge is 0.310 e. The maximum Gasteiger partial charge on any atom is 0.0540 e. The third kappa shape index (κ3) is 3.80. The van der Waals surface area contributed by atoms with E-state index in [0.29, 0.717) is 0 Å². The van der Waals surface area contributed by atoms with Gasteiger partial charge in [0.1, 0.15) is 0 Å². The molecule has 0 aromatic heterocycles. The Morgan fingerprint density at radius 2 is 1.18 bits per heavy atom. The molecule has 0 amide bonds. The fourth-order valence-corrected chi connectivity index (χ4v) is 5.04. The third-order valence-corrected chi connectivity index (χ3v) is 6.81. The van der Waals surface area contributed by atoms with Gasteiger partial charge in [-0.15, -0.1) is 0 Å². The van der Waals surface area contributed by atoms with E-state index in [4.69, 9.17) is 0 Å². The molecular weight excluding hydrogens is 410 g/mol. The summed E-state index contributed by atoms with van der Waals surface area (Å²) in [6.07, 6.45) is 6.64. The summed E-state index contributed by atoms with van der Waals surface area (Å²) in [4.78, 5) is 2.38. The van der Waals surface area contributed by atoms with Gasteiger partial charge in [-0.2, -0.15) is 0 Å². The molecule has 1 aliphatic carbocycles. The van der Waals surface area contributed by atoms with Crippen LogP contribution >= 0.6 is 0 Å². The van der Waals surface area contributed by atoms with Crippen molar-refractivity contribution < 1.29 is 0 Å². The molecule has 5 aromatic rings. The van der Waals surface area contributed by atoms with Gasteiger partial charge in [0.2, 0.25) is 0 Å². The first kappa shape index (κ1) is 20.5. The molecule has 0 fully saturated rings. The highest BCUT2D eigenvalue weighted by molar-refractivity contribution is 6.03.